The van der Waals surface area contributed by atoms with Crippen LogP contribution >= 0.6 is 0 Å². The van der Waals surface area contributed by atoms with Crippen molar-refractivity contribution in [2.75, 3.05) is 0 Å². The highest BCUT2D eigenvalue weighted by atomic mass is 16.5. The number of carbonyl (C=O) groups excluding carboxylic acids is 3. The zero-order valence-electron chi connectivity index (χ0n) is 15.8. The smallest absolute Gasteiger partial charge is 0.408 e. The summed E-state index contributed by atoms with van der Waals surface area (Å²) in [6.45, 7) is 7.56. The van der Waals surface area contributed by atoms with Gasteiger partial charge in [0.25, 0.3) is 0 Å². The van der Waals surface area contributed by atoms with Crippen LogP contribution in [0.5, 0.6) is 0 Å². The van der Waals surface area contributed by atoms with Crippen LogP contribution in [0, 0.1) is 11.8 Å². The molecule has 3 amide bonds. The summed E-state index contributed by atoms with van der Waals surface area (Å²) >= 11 is 0. The number of amides is 3. The van der Waals surface area contributed by atoms with Gasteiger partial charge >= 0.3 is 6.09 Å². The first-order chi connectivity index (χ1) is 12.2. The third-order valence-electron chi connectivity index (χ3n) is 3.80. The van der Waals surface area contributed by atoms with Gasteiger partial charge in [0.1, 0.15) is 18.7 Å². The number of alkyl carbamates (subject to hydrolysis) is 1. The number of benzene rings is 1. The minimum Gasteiger partial charge on any atom is -0.445 e. The quantitative estimate of drug-likeness (QED) is 0.623. The Morgan fingerprint density at radius 3 is 2.15 bits per heavy atom. The summed E-state index contributed by atoms with van der Waals surface area (Å²) in [4.78, 5) is 36.1. The van der Waals surface area contributed by atoms with E-state index in [9.17, 15) is 14.4 Å². The van der Waals surface area contributed by atoms with Crippen LogP contribution in [0.25, 0.3) is 0 Å². The number of ether oxygens (including phenoxy) is 1. The van der Waals surface area contributed by atoms with Gasteiger partial charge in [-0.1, -0.05) is 58.0 Å². The van der Waals surface area contributed by atoms with Crippen molar-refractivity contribution in [3.63, 3.8) is 0 Å². The highest BCUT2D eigenvalue weighted by Gasteiger charge is 2.28. The summed E-state index contributed by atoms with van der Waals surface area (Å²) < 4.78 is 5.15. The molecule has 144 valence electrons. The highest BCUT2D eigenvalue weighted by Crippen LogP contribution is 2.08. The Labute approximate surface area is 154 Å². The standard InChI is InChI=1S/C19H29N3O4/c1-12(2)10-15(17(20)23)21-18(24)16(13(3)4)22-19(25)26-11-14-8-6-5-7-9-14/h5-9,12-13,15-16H,10-11H2,1-4H3,(H2,20,23)(H,21,24)(H,22,25). The molecule has 0 spiro atoms. The van der Waals surface area contributed by atoms with Gasteiger partial charge in [0, 0.05) is 0 Å². The summed E-state index contributed by atoms with van der Waals surface area (Å²) in [5.41, 5.74) is 6.20. The summed E-state index contributed by atoms with van der Waals surface area (Å²) in [6, 6.07) is 7.64. The average Bonchev–Trinajstić information content (AvgIpc) is 2.57. The lowest BCUT2D eigenvalue weighted by Gasteiger charge is -2.24. The van der Waals surface area contributed by atoms with Crippen molar-refractivity contribution >= 4 is 17.9 Å². The van der Waals surface area contributed by atoms with Crippen molar-refractivity contribution < 1.29 is 19.1 Å². The Kier molecular flexibility index (Phi) is 8.61. The summed E-state index contributed by atoms with van der Waals surface area (Å²) in [5, 5.41) is 5.18. The molecule has 1 aromatic carbocycles. The molecule has 7 nitrogen and oxygen atoms in total. The van der Waals surface area contributed by atoms with E-state index >= 15 is 0 Å². The molecule has 0 aliphatic heterocycles. The molecular formula is C19H29N3O4. The molecule has 0 bridgehead atoms. The van der Waals surface area contributed by atoms with Crippen LogP contribution in [0.1, 0.15) is 39.7 Å². The van der Waals surface area contributed by atoms with E-state index in [-0.39, 0.29) is 18.4 Å². The van der Waals surface area contributed by atoms with Gasteiger partial charge in [-0.05, 0) is 23.8 Å². The van der Waals surface area contributed by atoms with Crippen LogP contribution < -0.4 is 16.4 Å². The first-order valence-corrected chi connectivity index (χ1v) is 8.77. The molecule has 0 aliphatic rings. The fraction of sp³-hybridized carbons (Fsp3) is 0.526. The van der Waals surface area contributed by atoms with Crippen molar-refractivity contribution in [3.8, 4) is 0 Å². The fourth-order valence-corrected chi connectivity index (χ4v) is 2.41. The second-order valence-electron chi connectivity index (χ2n) is 7.02. The molecule has 2 unspecified atom stereocenters. The molecule has 7 heteroatoms. The minimum absolute atomic E-state index is 0.108. The Balaban J connectivity index is 2.64. The second-order valence-corrected chi connectivity index (χ2v) is 7.02. The maximum atomic E-state index is 12.5. The van der Waals surface area contributed by atoms with Crippen molar-refractivity contribution in [1.29, 1.82) is 0 Å². The van der Waals surface area contributed by atoms with Gasteiger partial charge in [0.05, 0.1) is 0 Å². The zero-order chi connectivity index (χ0) is 19.7. The summed E-state index contributed by atoms with van der Waals surface area (Å²) in [5.74, 6) is -1.05. The SMILES string of the molecule is CC(C)CC(NC(=O)C(NC(=O)OCc1ccccc1)C(C)C)C(N)=O. The Bertz CT molecular complexity index is 602. The van der Waals surface area contributed by atoms with Crippen LogP contribution in [0.2, 0.25) is 0 Å². The summed E-state index contributed by atoms with van der Waals surface area (Å²) in [7, 11) is 0. The molecule has 0 saturated heterocycles. The van der Waals surface area contributed by atoms with Crippen LogP contribution in [0.3, 0.4) is 0 Å². The van der Waals surface area contributed by atoms with Gasteiger partial charge in [-0.3, -0.25) is 9.59 Å². The molecule has 1 aromatic rings. The molecule has 4 N–H and O–H groups in total. The number of nitrogens with two attached hydrogens (primary N) is 1. The molecule has 0 aliphatic carbocycles. The zero-order valence-corrected chi connectivity index (χ0v) is 15.8. The van der Waals surface area contributed by atoms with Crippen LogP contribution in [-0.2, 0) is 20.9 Å². The molecule has 1 rings (SSSR count). The lowest BCUT2D eigenvalue weighted by atomic mass is 10.0. The van der Waals surface area contributed by atoms with Crippen LogP contribution in [0.15, 0.2) is 30.3 Å². The number of nitrogens with one attached hydrogen (secondary N) is 2. The van der Waals surface area contributed by atoms with Crippen LogP contribution in [-0.4, -0.2) is 30.0 Å². The van der Waals surface area contributed by atoms with Gasteiger partial charge in [0.2, 0.25) is 11.8 Å². The van der Waals surface area contributed by atoms with E-state index < -0.39 is 30.0 Å². The number of rotatable bonds is 9. The number of hydrogen-bond acceptors (Lipinski definition) is 4. The number of hydrogen-bond donors (Lipinski definition) is 3. The van der Waals surface area contributed by atoms with Crippen molar-refractivity contribution in [2.24, 2.45) is 17.6 Å². The van der Waals surface area contributed by atoms with E-state index in [1.807, 2.05) is 44.2 Å². The molecule has 0 saturated carbocycles. The third-order valence-corrected chi connectivity index (χ3v) is 3.80. The van der Waals surface area contributed by atoms with Crippen molar-refractivity contribution in [1.82, 2.24) is 10.6 Å². The van der Waals surface area contributed by atoms with Gasteiger partial charge in [-0.2, -0.15) is 0 Å². The van der Waals surface area contributed by atoms with Crippen molar-refractivity contribution in [3.05, 3.63) is 35.9 Å². The third kappa shape index (κ3) is 7.55. The Morgan fingerprint density at radius 1 is 1.04 bits per heavy atom. The van der Waals surface area contributed by atoms with Gasteiger partial charge in [-0.25, -0.2) is 4.79 Å². The van der Waals surface area contributed by atoms with Crippen LogP contribution in [0.4, 0.5) is 4.79 Å². The number of carbonyl (C=O) groups is 3. The molecule has 2 atom stereocenters. The minimum atomic E-state index is -0.827. The normalized spacial score (nSPS) is 13.2. The summed E-state index contributed by atoms with van der Waals surface area (Å²) in [6.07, 6.45) is -0.258. The molecule has 26 heavy (non-hydrogen) atoms. The molecule has 0 aromatic heterocycles. The molecule has 0 radical (unpaired) electrons. The topological polar surface area (TPSA) is 111 Å². The second kappa shape index (κ2) is 10.4. The predicted molar refractivity (Wildman–Crippen MR) is 99.0 cm³/mol. The fourth-order valence-electron chi connectivity index (χ4n) is 2.41. The van der Waals surface area contributed by atoms with E-state index in [1.165, 1.54) is 0 Å². The largest absolute Gasteiger partial charge is 0.445 e. The van der Waals surface area contributed by atoms with Gasteiger partial charge in [0.15, 0.2) is 0 Å². The lowest BCUT2D eigenvalue weighted by molar-refractivity contribution is -0.129. The highest BCUT2D eigenvalue weighted by molar-refractivity contribution is 5.90. The van der Waals surface area contributed by atoms with E-state index in [0.29, 0.717) is 6.42 Å². The number of primary amides is 1. The van der Waals surface area contributed by atoms with E-state index in [2.05, 4.69) is 10.6 Å². The Morgan fingerprint density at radius 2 is 1.65 bits per heavy atom. The van der Waals surface area contributed by atoms with Gasteiger partial charge in [-0.15, -0.1) is 0 Å². The van der Waals surface area contributed by atoms with E-state index in [1.54, 1.807) is 13.8 Å². The molecular weight excluding hydrogens is 334 g/mol. The van der Waals surface area contributed by atoms with Crippen molar-refractivity contribution in [2.45, 2.75) is 52.8 Å². The van der Waals surface area contributed by atoms with E-state index in [4.69, 9.17) is 10.5 Å². The Hall–Kier alpha value is -2.57. The van der Waals surface area contributed by atoms with E-state index in [0.717, 1.165) is 5.56 Å². The maximum Gasteiger partial charge on any atom is 0.408 e. The predicted octanol–water partition coefficient (Wildman–Crippen LogP) is 1.95. The average molecular weight is 363 g/mol. The molecule has 0 heterocycles. The lowest BCUT2D eigenvalue weighted by Crippen LogP contribution is -2.55. The monoisotopic (exact) mass is 363 g/mol. The van der Waals surface area contributed by atoms with Gasteiger partial charge < -0.3 is 21.1 Å². The first kappa shape index (κ1) is 21.5. The maximum absolute atomic E-state index is 12.5. The first-order valence-electron chi connectivity index (χ1n) is 8.77. The molecule has 0 fully saturated rings.